The molecule has 0 aliphatic rings. The number of fused-ring (bicyclic) bond motifs is 1. The number of hydrogen-bond donors (Lipinski definition) is 1. The van der Waals surface area contributed by atoms with Crippen LogP contribution in [0.4, 0.5) is 5.69 Å². The predicted octanol–water partition coefficient (Wildman–Crippen LogP) is 4.46. The monoisotopic (exact) mass is 397 g/mol. The van der Waals surface area contributed by atoms with Crippen LogP contribution in [0, 0.1) is 0 Å². The Labute approximate surface area is 157 Å². The van der Waals surface area contributed by atoms with Crippen molar-refractivity contribution in [3.63, 3.8) is 0 Å². The number of carbonyl (C=O) groups excluding carboxylic acids is 2. The number of rotatable bonds is 4. The van der Waals surface area contributed by atoms with Gasteiger partial charge in [0.2, 0.25) is 0 Å². The van der Waals surface area contributed by atoms with Gasteiger partial charge in [-0.1, -0.05) is 23.2 Å². The quantitative estimate of drug-likeness (QED) is 0.659. The van der Waals surface area contributed by atoms with Crippen molar-refractivity contribution in [1.82, 2.24) is 9.78 Å². The minimum atomic E-state index is -0.490. The number of ether oxygens (including phenoxy) is 1. The molecule has 1 aromatic carbocycles. The third-order valence-corrected chi connectivity index (χ3v) is 5.48. The summed E-state index contributed by atoms with van der Waals surface area (Å²) in [5.74, 6) is -0.852. The maximum absolute atomic E-state index is 12.5. The van der Waals surface area contributed by atoms with E-state index in [1.54, 1.807) is 18.2 Å². The number of benzene rings is 1. The molecule has 2 heterocycles. The molecule has 6 nitrogen and oxygen atoms in total. The number of amides is 1. The van der Waals surface area contributed by atoms with Crippen molar-refractivity contribution < 1.29 is 14.3 Å². The Hall–Kier alpha value is -2.09. The summed E-state index contributed by atoms with van der Waals surface area (Å²) in [6.45, 7) is 2.39. The van der Waals surface area contributed by atoms with Gasteiger partial charge in [0.1, 0.15) is 10.6 Å². The highest BCUT2D eigenvalue weighted by atomic mass is 35.5. The van der Waals surface area contributed by atoms with Crippen molar-refractivity contribution in [2.75, 3.05) is 12.4 Å². The number of thiophene rings is 1. The van der Waals surface area contributed by atoms with E-state index < -0.39 is 5.97 Å². The summed E-state index contributed by atoms with van der Waals surface area (Å²) < 4.78 is 7.01. The summed E-state index contributed by atoms with van der Waals surface area (Å²) in [4.78, 5) is 24.6. The van der Waals surface area contributed by atoms with E-state index in [0.29, 0.717) is 27.8 Å². The Morgan fingerprint density at radius 3 is 2.80 bits per heavy atom. The van der Waals surface area contributed by atoms with Gasteiger partial charge < -0.3 is 10.1 Å². The molecule has 0 atom stereocenters. The molecule has 0 saturated carbocycles. The Morgan fingerprint density at radius 1 is 1.36 bits per heavy atom. The first-order valence-electron chi connectivity index (χ1n) is 7.29. The Balaban J connectivity index is 1.93. The van der Waals surface area contributed by atoms with E-state index in [-0.39, 0.29) is 10.9 Å². The number of methoxy groups -OCH3 is 1. The SMILES string of the molecule is CCn1ncc(Cl)c1C(=O)Nc1ccc2c(Cl)c(C(=O)OC)sc2c1. The maximum Gasteiger partial charge on any atom is 0.349 e. The lowest BCUT2D eigenvalue weighted by atomic mass is 10.2. The molecule has 1 amide bonds. The lowest BCUT2D eigenvalue weighted by Gasteiger charge is -2.07. The van der Waals surface area contributed by atoms with Crippen LogP contribution in [0.25, 0.3) is 10.1 Å². The zero-order valence-electron chi connectivity index (χ0n) is 13.3. The summed E-state index contributed by atoms with van der Waals surface area (Å²) >= 11 is 13.5. The van der Waals surface area contributed by atoms with Gasteiger partial charge in [-0.15, -0.1) is 11.3 Å². The molecule has 0 unspecified atom stereocenters. The van der Waals surface area contributed by atoms with Crippen LogP contribution in [0.2, 0.25) is 10.0 Å². The molecule has 0 aliphatic heterocycles. The number of nitrogens with zero attached hydrogens (tertiary/aromatic N) is 2. The topological polar surface area (TPSA) is 73.2 Å². The smallest absolute Gasteiger partial charge is 0.349 e. The van der Waals surface area contributed by atoms with Crippen molar-refractivity contribution >= 4 is 62.2 Å². The van der Waals surface area contributed by atoms with Crippen molar-refractivity contribution in [3.8, 4) is 0 Å². The third-order valence-electron chi connectivity index (χ3n) is 3.57. The molecule has 1 N–H and O–H groups in total. The number of esters is 1. The molecule has 9 heteroatoms. The second-order valence-electron chi connectivity index (χ2n) is 5.06. The van der Waals surface area contributed by atoms with Crippen LogP contribution in [0.1, 0.15) is 27.1 Å². The number of nitrogens with one attached hydrogen (secondary N) is 1. The van der Waals surface area contributed by atoms with E-state index in [1.807, 2.05) is 6.92 Å². The van der Waals surface area contributed by atoms with Crippen LogP contribution in [-0.4, -0.2) is 28.8 Å². The molecule has 0 bridgehead atoms. The molecular weight excluding hydrogens is 385 g/mol. The third kappa shape index (κ3) is 3.22. The van der Waals surface area contributed by atoms with Crippen LogP contribution in [0.15, 0.2) is 24.4 Å². The van der Waals surface area contributed by atoms with E-state index in [4.69, 9.17) is 27.9 Å². The van der Waals surface area contributed by atoms with Crippen LogP contribution < -0.4 is 5.32 Å². The summed E-state index contributed by atoms with van der Waals surface area (Å²) in [7, 11) is 1.30. The normalized spacial score (nSPS) is 10.9. The van der Waals surface area contributed by atoms with Gasteiger partial charge >= 0.3 is 5.97 Å². The fourth-order valence-corrected chi connectivity index (χ4v) is 4.08. The van der Waals surface area contributed by atoms with Crippen LogP contribution in [0.5, 0.6) is 0 Å². The predicted molar refractivity (Wildman–Crippen MR) is 99.0 cm³/mol. The van der Waals surface area contributed by atoms with Gasteiger partial charge in [-0.25, -0.2) is 4.79 Å². The van der Waals surface area contributed by atoms with Crippen LogP contribution >= 0.6 is 34.5 Å². The molecule has 0 fully saturated rings. The molecule has 0 saturated heterocycles. The van der Waals surface area contributed by atoms with E-state index in [1.165, 1.54) is 29.3 Å². The van der Waals surface area contributed by atoms with Crippen molar-refractivity contribution in [3.05, 3.63) is 45.0 Å². The molecule has 0 spiro atoms. The van der Waals surface area contributed by atoms with Crippen molar-refractivity contribution in [2.24, 2.45) is 0 Å². The van der Waals surface area contributed by atoms with E-state index in [2.05, 4.69) is 10.4 Å². The highest BCUT2D eigenvalue weighted by Gasteiger charge is 2.20. The lowest BCUT2D eigenvalue weighted by molar-refractivity contribution is 0.0606. The number of anilines is 1. The van der Waals surface area contributed by atoms with Gasteiger partial charge in [-0.2, -0.15) is 5.10 Å². The van der Waals surface area contributed by atoms with Gasteiger partial charge in [0.15, 0.2) is 0 Å². The summed E-state index contributed by atoms with van der Waals surface area (Å²) in [5.41, 5.74) is 0.857. The minimum Gasteiger partial charge on any atom is -0.465 e. The summed E-state index contributed by atoms with van der Waals surface area (Å²) in [6, 6.07) is 5.20. The molecule has 3 aromatic rings. The first kappa shape index (κ1) is 17.7. The molecule has 130 valence electrons. The fourth-order valence-electron chi connectivity index (χ4n) is 2.39. The van der Waals surface area contributed by atoms with Gasteiger partial charge in [0, 0.05) is 22.3 Å². The zero-order valence-corrected chi connectivity index (χ0v) is 15.6. The lowest BCUT2D eigenvalue weighted by Crippen LogP contribution is -2.17. The number of aryl methyl sites for hydroxylation is 1. The number of aromatic nitrogens is 2. The van der Waals surface area contributed by atoms with E-state index in [0.717, 1.165) is 10.1 Å². The van der Waals surface area contributed by atoms with Crippen LogP contribution in [-0.2, 0) is 11.3 Å². The van der Waals surface area contributed by atoms with Gasteiger partial charge in [0.25, 0.3) is 5.91 Å². The summed E-state index contributed by atoms with van der Waals surface area (Å²) in [6.07, 6.45) is 1.44. The van der Waals surface area contributed by atoms with E-state index >= 15 is 0 Å². The molecule has 2 aromatic heterocycles. The van der Waals surface area contributed by atoms with E-state index in [9.17, 15) is 9.59 Å². The maximum atomic E-state index is 12.5. The molecule has 0 radical (unpaired) electrons. The molecule has 3 rings (SSSR count). The van der Waals surface area contributed by atoms with Crippen molar-refractivity contribution in [1.29, 1.82) is 0 Å². The average molecular weight is 398 g/mol. The van der Waals surface area contributed by atoms with Crippen LogP contribution in [0.3, 0.4) is 0 Å². The summed E-state index contributed by atoms with van der Waals surface area (Å²) in [5, 5.41) is 8.19. The first-order chi connectivity index (χ1) is 12.0. The second kappa shape index (κ2) is 7.03. The van der Waals surface area contributed by atoms with Crippen molar-refractivity contribution in [2.45, 2.75) is 13.5 Å². The molecule has 25 heavy (non-hydrogen) atoms. The fraction of sp³-hybridized carbons (Fsp3) is 0.188. The molecule has 0 aliphatic carbocycles. The first-order valence-corrected chi connectivity index (χ1v) is 8.86. The largest absolute Gasteiger partial charge is 0.465 e. The highest BCUT2D eigenvalue weighted by molar-refractivity contribution is 7.21. The number of hydrogen-bond acceptors (Lipinski definition) is 5. The van der Waals surface area contributed by atoms with Gasteiger partial charge in [-0.05, 0) is 25.1 Å². The van der Waals surface area contributed by atoms with Gasteiger partial charge in [0.05, 0.1) is 23.4 Å². The highest BCUT2D eigenvalue weighted by Crippen LogP contribution is 2.37. The standard InChI is InChI=1S/C16H13Cl2N3O3S/c1-3-21-13(10(17)7-19-21)15(22)20-8-4-5-9-11(6-8)25-14(12(9)18)16(23)24-2/h4-7H,3H2,1-2H3,(H,20,22). The Morgan fingerprint density at radius 2 is 2.12 bits per heavy atom. The molecular formula is C16H13Cl2N3O3S. The minimum absolute atomic E-state index is 0.285. The zero-order chi connectivity index (χ0) is 18.1. The number of carbonyl (C=O) groups is 2. The Bertz CT molecular complexity index is 981. The average Bonchev–Trinajstić information content (AvgIpc) is 3.14. The second-order valence-corrected chi connectivity index (χ2v) is 6.90. The number of halogens is 2. The van der Waals surface area contributed by atoms with Gasteiger partial charge in [-0.3, -0.25) is 9.48 Å². The Kier molecular flexibility index (Phi) is 4.99.